The van der Waals surface area contributed by atoms with E-state index in [9.17, 15) is 0 Å². The molecule has 0 saturated heterocycles. The van der Waals surface area contributed by atoms with E-state index in [2.05, 4.69) is 126 Å². The summed E-state index contributed by atoms with van der Waals surface area (Å²) in [6, 6.07) is 59.4. The van der Waals surface area contributed by atoms with Crippen molar-refractivity contribution in [1.29, 1.82) is 0 Å². The maximum atomic E-state index is 5.86. The number of halogens is 4. The molecule has 9 rings (SSSR count). The predicted molar refractivity (Wildman–Crippen MR) is 247 cm³/mol. The van der Waals surface area contributed by atoms with E-state index in [1.807, 2.05) is 78.9 Å². The summed E-state index contributed by atoms with van der Waals surface area (Å²) in [6.45, 7) is 13.5. The molecule has 0 saturated carbocycles. The average molecular weight is 907 g/mol. The van der Waals surface area contributed by atoms with Crippen molar-refractivity contribution >= 4 is 51.2 Å². The Morgan fingerprint density at radius 3 is 1.19 bits per heavy atom. The third-order valence-electron chi connectivity index (χ3n) is 9.84. The molecule has 0 fully saturated rings. The third kappa shape index (κ3) is 12.1. The molecule has 2 aliphatic rings. The Labute approximate surface area is 378 Å². The molecule has 7 aromatic rings. The number of hydrogen-bond donors (Lipinski definition) is 0. The van der Waals surface area contributed by atoms with Gasteiger partial charge in [0.2, 0.25) is 0 Å². The van der Waals surface area contributed by atoms with Crippen LogP contribution in [0.25, 0.3) is 22.3 Å². The molecule has 2 aliphatic carbocycles. The van der Waals surface area contributed by atoms with E-state index in [4.69, 9.17) is 23.2 Å². The van der Waals surface area contributed by atoms with Crippen LogP contribution in [0.1, 0.15) is 86.1 Å². The Morgan fingerprint density at radius 1 is 0.491 bits per heavy atom. The van der Waals surface area contributed by atoms with Gasteiger partial charge in [0, 0.05) is 0 Å². The quantitative estimate of drug-likeness (QED) is 0.152. The van der Waals surface area contributed by atoms with E-state index in [1.165, 1.54) is 94.2 Å². The van der Waals surface area contributed by atoms with Gasteiger partial charge in [-0.05, 0) is 23.7 Å². The van der Waals surface area contributed by atoms with Crippen molar-refractivity contribution in [3.05, 3.63) is 218 Å². The first-order chi connectivity index (χ1) is 26.3. The fraction of sp³-hybridized carbons (Fsp3) is 0.192. The standard InChI is InChI=1S/2C17H17.C13H8Cl2.C5H5.2ClH.Zr/c2*1-17(2,3)14-8-9-16-13(11-14)10-12-6-4-5-7-15(12)16;14-12-5-1-10(2-6-12)9-11-3-7-13(15)8-4-11;1-2-4-5-3-1;;;/h2*4-9H,10H2,1-3H3;1-8H;1-5H;2*1H;/q2*-1;;-1;;;. The molecule has 0 unspecified atom stereocenters. The summed E-state index contributed by atoms with van der Waals surface area (Å²) in [6.07, 6.45) is 2.07. The Hall–Kier alpha value is -3.42. The van der Waals surface area contributed by atoms with Crippen LogP contribution >= 0.6 is 48.0 Å². The minimum atomic E-state index is 0. The van der Waals surface area contributed by atoms with Crippen LogP contribution in [0.4, 0.5) is 0 Å². The summed E-state index contributed by atoms with van der Waals surface area (Å²) in [5.41, 5.74) is 16.5. The number of benzene rings is 6. The second-order valence-corrected chi connectivity index (χ2v) is 18.1. The fourth-order valence-electron chi connectivity index (χ4n) is 6.71. The largest absolute Gasteiger partial charge is 0.214 e. The summed E-state index contributed by atoms with van der Waals surface area (Å²) >= 11 is 13.1. The van der Waals surface area contributed by atoms with E-state index >= 15 is 0 Å². The van der Waals surface area contributed by atoms with Crippen molar-refractivity contribution in [2.24, 2.45) is 0 Å². The predicted octanol–water partition coefficient (Wildman–Crippen LogP) is 15.1. The molecule has 292 valence electrons. The minimum absolute atomic E-state index is 0. The third-order valence-corrected chi connectivity index (χ3v) is 11.8. The zero-order valence-corrected chi connectivity index (χ0v) is 39.0. The van der Waals surface area contributed by atoms with E-state index in [1.54, 1.807) is 0 Å². The molecule has 0 atom stereocenters. The maximum absolute atomic E-state index is 5.86. The second-order valence-electron chi connectivity index (χ2n) is 16.0. The fourth-order valence-corrected chi connectivity index (χ4v) is 7.78. The maximum Gasteiger partial charge on any atom is -0.172 e. The van der Waals surface area contributed by atoms with Gasteiger partial charge in [-0.15, -0.1) is 47.1 Å². The number of rotatable bonds is 2. The van der Waals surface area contributed by atoms with E-state index in [-0.39, 0.29) is 35.6 Å². The Kier molecular flexibility index (Phi) is 16.7. The van der Waals surface area contributed by atoms with Crippen LogP contribution in [-0.2, 0) is 47.9 Å². The molecule has 5 heteroatoms. The molecular formula is C52H49Cl4Zr-3. The van der Waals surface area contributed by atoms with Gasteiger partial charge in [0.25, 0.3) is 0 Å². The molecule has 0 aliphatic heterocycles. The van der Waals surface area contributed by atoms with Crippen LogP contribution in [0.3, 0.4) is 0 Å². The first-order valence-corrected chi connectivity index (χ1v) is 20.8. The van der Waals surface area contributed by atoms with Crippen molar-refractivity contribution in [3.63, 3.8) is 0 Å². The molecular weight excluding hydrogens is 858 g/mol. The van der Waals surface area contributed by atoms with Crippen molar-refractivity contribution in [2.45, 2.75) is 65.2 Å². The van der Waals surface area contributed by atoms with Gasteiger partial charge in [-0.3, -0.25) is 0 Å². The van der Waals surface area contributed by atoms with Gasteiger partial charge in [0.1, 0.15) is 0 Å². The van der Waals surface area contributed by atoms with Crippen LogP contribution in [0.2, 0.25) is 10.0 Å². The van der Waals surface area contributed by atoms with Gasteiger partial charge >= 0.3 is 120 Å². The van der Waals surface area contributed by atoms with E-state index < -0.39 is 0 Å². The molecule has 0 aromatic heterocycles. The van der Waals surface area contributed by atoms with Crippen molar-refractivity contribution in [1.82, 2.24) is 0 Å². The molecule has 57 heavy (non-hydrogen) atoms. The van der Waals surface area contributed by atoms with E-state index in [0.717, 1.165) is 22.9 Å². The van der Waals surface area contributed by atoms with Crippen molar-refractivity contribution < 1.29 is 24.2 Å². The molecule has 0 spiro atoms. The van der Waals surface area contributed by atoms with Crippen molar-refractivity contribution in [2.75, 3.05) is 0 Å². The molecule has 0 N–H and O–H groups in total. The topological polar surface area (TPSA) is 0 Å². The van der Waals surface area contributed by atoms with Crippen LogP contribution < -0.4 is 0 Å². The van der Waals surface area contributed by atoms with Gasteiger partial charge in [-0.25, -0.2) is 12.1 Å². The average Bonchev–Trinajstić information content (AvgIpc) is 3.95. The monoisotopic (exact) mass is 903 g/mol. The van der Waals surface area contributed by atoms with Gasteiger partial charge in [0.05, 0.1) is 0 Å². The Balaban J connectivity index is 0.000000175. The summed E-state index contributed by atoms with van der Waals surface area (Å²) in [5, 5.41) is 1.53. The molecule has 0 heterocycles. The summed E-state index contributed by atoms with van der Waals surface area (Å²) in [4.78, 5) is 0. The molecule has 0 nitrogen and oxygen atoms in total. The van der Waals surface area contributed by atoms with Crippen LogP contribution in [0.15, 0.2) is 152 Å². The summed E-state index contributed by atoms with van der Waals surface area (Å²) in [7, 11) is 0. The minimum Gasteiger partial charge on any atom is -0.214 e. The van der Waals surface area contributed by atoms with Crippen molar-refractivity contribution in [3.8, 4) is 22.3 Å². The zero-order valence-electron chi connectivity index (χ0n) is 33.4. The molecule has 0 radical (unpaired) electrons. The SMILES string of the molecule is CC(C)(C)c1[c-]c2c(cc1)-c1ccccc1C2.CC(C)(C)c1[c-]c2c(cc1)-c1ccccc1C2.Cl.Cl.Clc1ccc([C](=[Zr])c2ccc(Cl)cc2)cc1.c1cc[cH-]c1. The van der Waals surface area contributed by atoms with Gasteiger partial charge < -0.3 is 0 Å². The van der Waals surface area contributed by atoms with Crippen LogP contribution in [-0.4, -0.2) is 3.21 Å². The first kappa shape index (κ1) is 46.3. The van der Waals surface area contributed by atoms with E-state index in [0.29, 0.717) is 0 Å². The molecule has 0 bridgehead atoms. The Morgan fingerprint density at radius 2 is 0.860 bits per heavy atom. The van der Waals surface area contributed by atoms with Gasteiger partial charge in [-0.1, -0.05) is 112 Å². The molecule has 7 aromatic carbocycles. The zero-order chi connectivity index (χ0) is 39.2. The Bertz CT molecular complexity index is 2190. The van der Waals surface area contributed by atoms with Gasteiger partial charge in [-0.2, -0.15) is 65.7 Å². The van der Waals surface area contributed by atoms with Crippen LogP contribution in [0.5, 0.6) is 0 Å². The van der Waals surface area contributed by atoms with Crippen LogP contribution in [0, 0.1) is 12.1 Å². The number of hydrogen-bond acceptors (Lipinski definition) is 0. The van der Waals surface area contributed by atoms with Gasteiger partial charge in [0.15, 0.2) is 0 Å². The second kappa shape index (κ2) is 20.5. The first-order valence-electron chi connectivity index (χ1n) is 18.8. The number of fused-ring (bicyclic) bond motifs is 6. The molecule has 0 amide bonds. The smallest absolute Gasteiger partial charge is 0.172 e. The normalized spacial score (nSPS) is 11.5. The summed E-state index contributed by atoms with van der Waals surface area (Å²) < 4.78 is 1.31. The summed E-state index contributed by atoms with van der Waals surface area (Å²) in [5.74, 6) is 0.